The molecular formula is C25H36N2O4. The Morgan fingerprint density at radius 3 is 2.58 bits per heavy atom. The van der Waals surface area contributed by atoms with E-state index in [9.17, 15) is 9.59 Å². The van der Waals surface area contributed by atoms with Crippen molar-refractivity contribution in [3.63, 3.8) is 0 Å². The molecule has 0 spiro atoms. The highest BCUT2D eigenvalue weighted by Crippen LogP contribution is 2.47. The lowest BCUT2D eigenvalue weighted by Gasteiger charge is -2.27. The molecule has 1 aromatic rings. The minimum absolute atomic E-state index is 0.0112. The fourth-order valence-electron chi connectivity index (χ4n) is 4.90. The first-order chi connectivity index (χ1) is 15.1. The predicted octanol–water partition coefficient (Wildman–Crippen LogP) is 4.38. The van der Waals surface area contributed by atoms with Gasteiger partial charge in [-0.3, -0.25) is 9.59 Å². The highest BCUT2D eigenvalue weighted by atomic mass is 16.5. The topological polar surface area (TPSA) is 87.7 Å². The van der Waals surface area contributed by atoms with Crippen molar-refractivity contribution in [2.75, 3.05) is 18.4 Å². The minimum Gasteiger partial charge on any atom is -0.481 e. The first-order valence-electron chi connectivity index (χ1n) is 11.7. The van der Waals surface area contributed by atoms with E-state index < -0.39 is 5.97 Å². The van der Waals surface area contributed by atoms with Crippen molar-refractivity contribution >= 4 is 17.6 Å². The number of fused-ring (bicyclic) bond motifs is 2. The number of aliphatic carboxylic acids is 1. The molecule has 6 nitrogen and oxygen atoms in total. The molecule has 1 aromatic carbocycles. The number of amides is 1. The average Bonchev–Trinajstić information content (AvgIpc) is 3.35. The zero-order valence-electron chi connectivity index (χ0n) is 18.3. The van der Waals surface area contributed by atoms with Crippen LogP contribution in [0.1, 0.15) is 57.8 Å². The molecule has 170 valence electrons. The summed E-state index contributed by atoms with van der Waals surface area (Å²) in [6.45, 7) is 1.18. The Labute approximate surface area is 185 Å². The van der Waals surface area contributed by atoms with Gasteiger partial charge in [-0.2, -0.15) is 0 Å². The van der Waals surface area contributed by atoms with E-state index in [0.29, 0.717) is 37.0 Å². The number of carbonyl (C=O) groups is 2. The Hall–Kier alpha value is -2.18. The van der Waals surface area contributed by atoms with Gasteiger partial charge in [-0.05, 0) is 75.5 Å². The molecule has 31 heavy (non-hydrogen) atoms. The van der Waals surface area contributed by atoms with Crippen LogP contribution in [0.15, 0.2) is 42.5 Å². The Kier molecular flexibility index (Phi) is 9.56. The Morgan fingerprint density at radius 1 is 1.03 bits per heavy atom. The van der Waals surface area contributed by atoms with Gasteiger partial charge in [0.25, 0.3) is 0 Å². The van der Waals surface area contributed by atoms with Gasteiger partial charge >= 0.3 is 5.97 Å². The van der Waals surface area contributed by atoms with Crippen molar-refractivity contribution in [3.8, 4) is 0 Å². The molecule has 3 N–H and O–H groups in total. The quantitative estimate of drug-likeness (QED) is 0.302. The summed E-state index contributed by atoms with van der Waals surface area (Å²) in [5.41, 5.74) is 0.826. The monoisotopic (exact) mass is 428 g/mol. The van der Waals surface area contributed by atoms with Crippen molar-refractivity contribution in [1.29, 1.82) is 0 Å². The van der Waals surface area contributed by atoms with E-state index in [0.717, 1.165) is 37.9 Å². The van der Waals surface area contributed by atoms with Crippen LogP contribution in [0.3, 0.4) is 0 Å². The molecule has 2 fully saturated rings. The van der Waals surface area contributed by atoms with Gasteiger partial charge in [0.1, 0.15) is 0 Å². The second-order valence-corrected chi connectivity index (χ2v) is 8.70. The van der Waals surface area contributed by atoms with Crippen LogP contribution in [-0.4, -0.2) is 42.3 Å². The molecular weight excluding hydrogens is 392 g/mol. The second-order valence-electron chi connectivity index (χ2n) is 8.70. The number of rotatable bonds is 14. The van der Waals surface area contributed by atoms with Gasteiger partial charge in [-0.25, -0.2) is 0 Å². The molecule has 3 rings (SSSR count). The van der Waals surface area contributed by atoms with Crippen molar-refractivity contribution in [2.45, 2.75) is 70.0 Å². The van der Waals surface area contributed by atoms with Crippen LogP contribution in [0, 0.1) is 11.8 Å². The molecule has 2 saturated heterocycles. The summed E-state index contributed by atoms with van der Waals surface area (Å²) in [7, 11) is 0. The van der Waals surface area contributed by atoms with Crippen LogP contribution < -0.4 is 10.6 Å². The Morgan fingerprint density at radius 2 is 1.81 bits per heavy atom. The lowest BCUT2D eigenvalue weighted by atomic mass is 9.75. The highest BCUT2D eigenvalue weighted by molar-refractivity contribution is 5.92. The fourth-order valence-corrected chi connectivity index (χ4v) is 4.90. The molecule has 0 radical (unpaired) electrons. The van der Waals surface area contributed by atoms with Gasteiger partial charge in [-0.1, -0.05) is 36.8 Å². The summed E-state index contributed by atoms with van der Waals surface area (Å²) in [5.74, 6) is 0.493. The van der Waals surface area contributed by atoms with Gasteiger partial charge in [0.2, 0.25) is 5.91 Å². The molecule has 0 unspecified atom stereocenters. The molecule has 4 atom stereocenters. The van der Waals surface area contributed by atoms with Gasteiger partial charge in [0.15, 0.2) is 0 Å². The molecule has 0 aromatic heterocycles. The van der Waals surface area contributed by atoms with E-state index >= 15 is 0 Å². The summed E-state index contributed by atoms with van der Waals surface area (Å²) in [4.78, 5) is 22.5. The van der Waals surface area contributed by atoms with Crippen LogP contribution in [-0.2, 0) is 14.3 Å². The maximum atomic E-state index is 12.0. The number of unbranched alkanes of at least 4 members (excludes halogenated alkanes) is 2. The second kappa shape index (κ2) is 12.6. The van der Waals surface area contributed by atoms with E-state index in [1.54, 1.807) is 0 Å². The van der Waals surface area contributed by atoms with Crippen molar-refractivity contribution in [3.05, 3.63) is 42.5 Å². The zero-order chi connectivity index (χ0) is 21.9. The Bertz CT molecular complexity index is 721. The number of anilines is 1. The van der Waals surface area contributed by atoms with E-state index in [1.807, 2.05) is 30.3 Å². The predicted molar refractivity (Wildman–Crippen MR) is 122 cm³/mol. The number of hydrogen-bond donors (Lipinski definition) is 3. The molecule has 2 bridgehead atoms. The first kappa shape index (κ1) is 23.5. The lowest BCUT2D eigenvalue weighted by molar-refractivity contribution is -0.137. The van der Waals surface area contributed by atoms with Crippen molar-refractivity contribution in [2.24, 2.45) is 11.8 Å². The molecule has 0 aliphatic carbocycles. The number of benzene rings is 1. The maximum Gasteiger partial charge on any atom is 0.303 e. The van der Waals surface area contributed by atoms with E-state index in [1.165, 1.54) is 19.3 Å². The number of allylic oxidation sites excluding steroid dienone is 2. The Balaban J connectivity index is 1.28. The van der Waals surface area contributed by atoms with Crippen LogP contribution in [0.2, 0.25) is 0 Å². The SMILES string of the molecule is O=C(O)CCC/C=C\C[C@@H]1[C@H](CCCCNCC(=O)Nc2ccccc2)[C@@H]2CC[C@H]1O2. The fraction of sp³-hybridized carbons (Fsp3) is 0.600. The molecule has 2 aliphatic rings. The van der Waals surface area contributed by atoms with Crippen LogP contribution in [0.25, 0.3) is 0 Å². The summed E-state index contributed by atoms with van der Waals surface area (Å²) in [6.07, 6.45) is 13.8. The van der Waals surface area contributed by atoms with Crippen molar-refractivity contribution < 1.29 is 19.4 Å². The van der Waals surface area contributed by atoms with Crippen LogP contribution in [0.4, 0.5) is 5.69 Å². The molecule has 2 heterocycles. The number of ether oxygens (including phenoxy) is 1. The molecule has 0 saturated carbocycles. The van der Waals surface area contributed by atoms with E-state index in [2.05, 4.69) is 22.8 Å². The maximum absolute atomic E-state index is 12.0. The molecule has 2 aliphatic heterocycles. The first-order valence-corrected chi connectivity index (χ1v) is 11.7. The van der Waals surface area contributed by atoms with Crippen LogP contribution in [0.5, 0.6) is 0 Å². The minimum atomic E-state index is -0.721. The van der Waals surface area contributed by atoms with Crippen molar-refractivity contribution in [1.82, 2.24) is 5.32 Å². The summed E-state index contributed by atoms with van der Waals surface area (Å²) in [5, 5.41) is 14.8. The third kappa shape index (κ3) is 7.78. The van der Waals surface area contributed by atoms with Gasteiger partial charge in [0, 0.05) is 12.1 Å². The highest BCUT2D eigenvalue weighted by Gasteiger charge is 2.47. The largest absolute Gasteiger partial charge is 0.481 e. The summed E-state index contributed by atoms with van der Waals surface area (Å²) in [6, 6.07) is 9.52. The number of carboxylic acid groups (broad SMARTS) is 1. The molecule has 6 heteroatoms. The number of carboxylic acids is 1. The normalized spacial score (nSPS) is 24.6. The average molecular weight is 429 g/mol. The zero-order valence-corrected chi connectivity index (χ0v) is 18.3. The number of para-hydroxylation sites is 1. The third-order valence-corrected chi connectivity index (χ3v) is 6.41. The summed E-state index contributed by atoms with van der Waals surface area (Å²) < 4.78 is 6.19. The van der Waals surface area contributed by atoms with E-state index in [4.69, 9.17) is 9.84 Å². The van der Waals surface area contributed by atoms with Gasteiger partial charge < -0.3 is 20.5 Å². The van der Waals surface area contributed by atoms with E-state index in [-0.39, 0.29) is 12.3 Å². The molecule has 1 amide bonds. The van der Waals surface area contributed by atoms with Crippen LogP contribution >= 0.6 is 0 Å². The third-order valence-electron chi connectivity index (χ3n) is 6.41. The standard InChI is InChI=1S/C25H36N2O4/c28-24(27-19-10-4-3-5-11-19)18-26-17-9-8-13-21-20(22-15-16-23(21)31-22)12-6-1-2-7-14-25(29)30/h1,3-6,10-11,20-23,26H,2,7-9,12-18H2,(H,27,28)(H,29,30)/b6-1-/t20-,21+,22-,23+/m1/s1. The smallest absolute Gasteiger partial charge is 0.303 e. The number of carbonyl (C=O) groups excluding carboxylic acids is 1. The summed E-state index contributed by atoms with van der Waals surface area (Å²) >= 11 is 0. The number of nitrogens with one attached hydrogen (secondary N) is 2. The number of hydrogen-bond acceptors (Lipinski definition) is 4. The van der Waals surface area contributed by atoms with Gasteiger partial charge in [0.05, 0.1) is 18.8 Å². The van der Waals surface area contributed by atoms with Gasteiger partial charge in [-0.15, -0.1) is 0 Å². The lowest BCUT2D eigenvalue weighted by Crippen LogP contribution is -2.29.